The Morgan fingerprint density at radius 3 is 3.00 bits per heavy atom. The van der Waals surface area contributed by atoms with E-state index >= 15 is 0 Å². The van der Waals surface area contributed by atoms with Crippen molar-refractivity contribution >= 4 is 28.7 Å². The van der Waals surface area contributed by atoms with Crippen molar-refractivity contribution in [3.8, 4) is 0 Å². The minimum Gasteiger partial charge on any atom is -0.276 e. The number of halogens is 2. The van der Waals surface area contributed by atoms with Crippen molar-refractivity contribution in [1.82, 2.24) is 0 Å². The summed E-state index contributed by atoms with van der Waals surface area (Å²) in [5.74, 6) is 0. The molecule has 0 bridgehead atoms. The monoisotopic (exact) mass is 192 g/mol. The lowest BCUT2D eigenvalue weighted by atomic mass is 10.0. The van der Waals surface area contributed by atoms with Gasteiger partial charge in [-0.3, -0.25) is 9.08 Å². The number of hydrogen-bond donors (Lipinski definition) is 0. The van der Waals surface area contributed by atoms with E-state index in [1.807, 2.05) is 0 Å². The van der Waals surface area contributed by atoms with Crippen LogP contribution >= 0.6 is 23.5 Å². The van der Waals surface area contributed by atoms with Crippen LogP contribution in [0.5, 0.6) is 0 Å². The molecule has 0 amide bonds. The van der Waals surface area contributed by atoms with Crippen molar-refractivity contribution in [2.45, 2.75) is 12.5 Å². The predicted octanol–water partition coefficient (Wildman–Crippen LogP) is 2.18. The summed E-state index contributed by atoms with van der Waals surface area (Å²) < 4.78 is 4.51. The molecule has 0 saturated carbocycles. The average molecular weight is 193 g/mol. The lowest BCUT2D eigenvalue weighted by molar-refractivity contribution is -0.108. The van der Waals surface area contributed by atoms with Crippen LogP contribution in [-0.4, -0.2) is 11.3 Å². The van der Waals surface area contributed by atoms with Crippen molar-refractivity contribution in [1.29, 1.82) is 0 Å². The van der Waals surface area contributed by atoms with Gasteiger partial charge in [0, 0.05) is 12.0 Å². The van der Waals surface area contributed by atoms with Crippen molar-refractivity contribution in [2.24, 2.45) is 0 Å². The van der Waals surface area contributed by atoms with Crippen LogP contribution in [0.4, 0.5) is 0 Å². The van der Waals surface area contributed by atoms with E-state index in [0.29, 0.717) is 12.0 Å². The second-order valence-corrected chi connectivity index (χ2v) is 2.70. The molecule has 2 nitrogen and oxygen atoms in total. The molecule has 1 unspecified atom stereocenters. The Morgan fingerprint density at radius 2 is 2.45 bits per heavy atom. The molecule has 0 aromatic rings. The minimum absolute atomic E-state index is 0.237. The average Bonchev–Trinajstić information content (AvgIpc) is 2.05. The lowest BCUT2D eigenvalue weighted by Crippen LogP contribution is -2.11. The lowest BCUT2D eigenvalue weighted by Gasteiger charge is -2.11. The Hall–Kier alpha value is -0.310. The van der Waals surface area contributed by atoms with Crippen LogP contribution in [0.25, 0.3) is 0 Å². The first kappa shape index (κ1) is 8.78. The van der Waals surface area contributed by atoms with Gasteiger partial charge >= 0.3 is 0 Å². The molecule has 4 heteroatoms. The van der Waals surface area contributed by atoms with Gasteiger partial charge in [-0.15, -0.1) is 0 Å². The van der Waals surface area contributed by atoms with Crippen LogP contribution in [-0.2, 0) is 9.08 Å². The highest BCUT2D eigenvalue weighted by atomic mass is 35.5. The maximum absolute atomic E-state index is 10.6. The molecule has 0 fully saturated rings. The smallest absolute Gasteiger partial charge is 0.248 e. The molecule has 0 heterocycles. The number of hydrogen-bond acceptors (Lipinski definition) is 2. The predicted molar refractivity (Wildman–Crippen MR) is 43.4 cm³/mol. The van der Waals surface area contributed by atoms with E-state index < -0.39 is 5.24 Å². The molecule has 1 rings (SSSR count). The quantitative estimate of drug-likeness (QED) is 0.628. The zero-order valence-corrected chi connectivity index (χ0v) is 7.10. The molecule has 11 heavy (non-hydrogen) atoms. The minimum atomic E-state index is -0.451. The Kier molecular flexibility index (Phi) is 3.12. The highest BCUT2D eigenvalue weighted by molar-refractivity contribution is 6.67. The van der Waals surface area contributed by atoms with Crippen molar-refractivity contribution in [3.63, 3.8) is 0 Å². The number of allylic oxidation sites excluding steroid dienone is 2. The maximum atomic E-state index is 10.6. The molecule has 1 atom stereocenters. The summed E-state index contributed by atoms with van der Waals surface area (Å²) in [4.78, 5) is 10.6. The van der Waals surface area contributed by atoms with Gasteiger partial charge < -0.3 is 0 Å². The standard InChI is InChI=1S/C7H6Cl2O2/c8-7(10)5-2-1-3-6(4-5)11-9/h1-3,6H,4H2. The third-order valence-corrected chi connectivity index (χ3v) is 1.88. The molecule has 0 saturated heterocycles. The zero-order chi connectivity index (χ0) is 8.27. The third kappa shape index (κ3) is 2.33. The summed E-state index contributed by atoms with van der Waals surface area (Å²) in [6.07, 6.45) is 5.33. The van der Waals surface area contributed by atoms with E-state index in [4.69, 9.17) is 23.5 Å². The Morgan fingerprint density at radius 1 is 1.73 bits per heavy atom. The molecule has 0 aromatic heterocycles. The van der Waals surface area contributed by atoms with Gasteiger partial charge in [-0.05, 0) is 11.6 Å². The Balaban J connectivity index is 2.64. The molecule has 0 aliphatic heterocycles. The van der Waals surface area contributed by atoms with E-state index in [-0.39, 0.29) is 6.10 Å². The number of carbonyl (C=O) groups is 1. The topological polar surface area (TPSA) is 26.3 Å². The van der Waals surface area contributed by atoms with Crippen molar-refractivity contribution in [3.05, 3.63) is 23.8 Å². The van der Waals surface area contributed by atoms with Gasteiger partial charge in [0.15, 0.2) is 0 Å². The molecule has 60 valence electrons. The Labute approximate surface area is 74.6 Å². The van der Waals surface area contributed by atoms with Gasteiger partial charge in [-0.2, -0.15) is 0 Å². The first-order valence-electron chi connectivity index (χ1n) is 3.08. The Bertz CT molecular complexity index is 220. The molecular formula is C7H6Cl2O2. The normalized spacial score (nSPS) is 23.1. The number of carbonyl (C=O) groups excluding carboxylic acids is 1. The fraction of sp³-hybridized carbons (Fsp3) is 0.286. The molecular weight excluding hydrogens is 187 g/mol. The fourth-order valence-corrected chi connectivity index (χ4v) is 1.12. The third-order valence-electron chi connectivity index (χ3n) is 1.41. The van der Waals surface area contributed by atoms with Gasteiger partial charge in [0.2, 0.25) is 5.24 Å². The highest BCUT2D eigenvalue weighted by Crippen LogP contribution is 2.18. The summed E-state index contributed by atoms with van der Waals surface area (Å²) in [7, 11) is 0. The second kappa shape index (κ2) is 3.90. The summed E-state index contributed by atoms with van der Waals surface area (Å²) >= 11 is 10.4. The molecule has 0 spiro atoms. The number of rotatable bonds is 2. The van der Waals surface area contributed by atoms with E-state index in [0.717, 1.165) is 0 Å². The summed E-state index contributed by atoms with van der Waals surface area (Å²) in [6, 6.07) is 0. The van der Waals surface area contributed by atoms with E-state index in [1.165, 1.54) is 0 Å². The van der Waals surface area contributed by atoms with Crippen LogP contribution in [0, 0.1) is 0 Å². The van der Waals surface area contributed by atoms with Crippen LogP contribution in [0.15, 0.2) is 23.8 Å². The van der Waals surface area contributed by atoms with Gasteiger partial charge in [-0.1, -0.05) is 18.2 Å². The highest BCUT2D eigenvalue weighted by Gasteiger charge is 2.15. The molecule has 0 N–H and O–H groups in total. The van der Waals surface area contributed by atoms with Crippen LogP contribution in [0.3, 0.4) is 0 Å². The first-order chi connectivity index (χ1) is 5.24. The summed E-state index contributed by atoms with van der Waals surface area (Å²) in [5.41, 5.74) is 0.528. The largest absolute Gasteiger partial charge is 0.276 e. The van der Waals surface area contributed by atoms with Gasteiger partial charge in [-0.25, -0.2) is 0 Å². The molecule has 1 aliphatic rings. The first-order valence-corrected chi connectivity index (χ1v) is 3.77. The van der Waals surface area contributed by atoms with Crippen LogP contribution in [0.2, 0.25) is 0 Å². The fourth-order valence-electron chi connectivity index (χ4n) is 0.855. The molecule has 0 radical (unpaired) electrons. The van der Waals surface area contributed by atoms with E-state index in [2.05, 4.69) is 4.29 Å². The van der Waals surface area contributed by atoms with Gasteiger partial charge in [0.05, 0.1) is 11.9 Å². The van der Waals surface area contributed by atoms with Gasteiger partial charge in [0.25, 0.3) is 0 Å². The maximum Gasteiger partial charge on any atom is 0.248 e. The van der Waals surface area contributed by atoms with Crippen LogP contribution in [0.1, 0.15) is 6.42 Å². The van der Waals surface area contributed by atoms with E-state index in [9.17, 15) is 4.79 Å². The second-order valence-electron chi connectivity index (χ2n) is 2.18. The summed E-state index contributed by atoms with van der Waals surface area (Å²) in [6.45, 7) is 0. The van der Waals surface area contributed by atoms with E-state index in [1.54, 1.807) is 18.2 Å². The molecule has 1 aliphatic carbocycles. The van der Waals surface area contributed by atoms with Crippen molar-refractivity contribution < 1.29 is 9.08 Å². The van der Waals surface area contributed by atoms with Crippen molar-refractivity contribution in [2.75, 3.05) is 0 Å². The van der Waals surface area contributed by atoms with Crippen LogP contribution < -0.4 is 0 Å². The summed E-state index contributed by atoms with van der Waals surface area (Å²) in [5, 5.41) is -0.451. The SMILES string of the molecule is O=C(Cl)C1=CC=CC(OCl)C1. The molecule has 0 aromatic carbocycles. The zero-order valence-electron chi connectivity index (χ0n) is 5.59. The van der Waals surface area contributed by atoms with Gasteiger partial charge in [0.1, 0.15) is 6.10 Å².